The Hall–Kier alpha value is -1.27. The highest BCUT2D eigenvalue weighted by molar-refractivity contribution is 6.30. The predicted octanol–water partition coefficient (Wildman–Crippen LogP) is 3.04. The molecule has 1 aliphatic rings. The molecule has 1 fully saturated rings. The van der Waals surface area contributed by atoms with Crippen LogP contribution in [0.5, 0.6) is 5.75 Å². The van der Waals surface area contributed by atoms with Crippen molar-refractivity contribution in [1.82, 2.24) is 0 Å². The maximum absolute atomic E-state index is 13.8. The second-order valence-corrected chi connectivity index (χ2v) is 4.04. The Morgan fingerprint density at radius 1 is 1.53 bits per heavy atom. The van der Waals surface area contributed by atoms with Gasteiger partial charge >= 0.3 is 0 Å². The average molecular weight is 226 g/mol. The first-order chi connectivity index (χ1) is 7.14. The lowest BCUT2D eigenvalue weighted by Crippen LogP contribution is -2.08. The first-order valence-electron chi connectivity index (χ1n) is 4.58. The van der Waals surface area contributed by atoms with Crippen molar-refractivity contribution in [3.63, 3.8) is 0 Å². The first-order valence-corrected chi connectivity index (χ1v) is 4.96. The third-order valence-electron chi connectivity index (χ3n) is 2.72. The number of hydrogen-bond donors (Lipinski definition) is 0. The van der Waals surface area contributed by atoms with E-state index in [2.05, 4.69) is 6.07 Å². The summed E-state index contributed by atoms with van der Waals surface area (Å²) in [5, 5.41) is 9.06. The summed E-state index contributed by atoms with van der Waals surface area (Å²) in [6.45, 7) is 0. The van der Waals surface area contributed by atoms with Crippen molar-refractivity contribution in [2.75, 3.05) is 7.11 Å². The minimum absolute atomic E-state index is 0.0346. The van der Waals surface area contributed by atoms with Crippen LogP contribution in [0.3, 0.4) is 0 Å². The zero-order valence-corrected chi connectivity index (χ0v) is 8.94. The summed E-state index contributed by atoms with van der Waals surface area (Å²) in [5.74, 6) is -0.133. The van der Waals surface area contributed by atoms with Gasteiger partial charge in [0, 0.05) is 0 Å². The molecule has 0 heterocycles. The Bertz CT molecular complexity index is 449. The lowest BCUT2D eigenvalue weighted by molar-refractivity contribution is 0.401. The smallest absolute Gasteiger partial charge is 0.150 e. The van der Waals surface area contributed by atoms with E-state index in [9.17, 15) is 4.39 Å². The van der Waals surface area contributed by atoms with E-state index in [0.29, 0.717) is 24.2 Å². The van der Waals surface area contributed by atoms with Crippen LogP contribution < -0.4 is 4.74 Å². The zero-order chi connectivity index (χ0) is 11.1. The fourth-order valence-electron chi connectivity index (χ4n) is 1.69. The van der Waals surface area contributed by atoms with E-state index in [4.69, 9.17) is 21.6 Å². The summed E-state index contributed by atoms with van der Waals surface area (Å²) in [5.41, 5.74) is -0.416. The molecule has 0 spiro atoms. The van der Waals surface area contributed by atoms with Gasteiger partial charge in [0.05, 0.1) is 29.2 Å². The van der Waals surface area contributed by atoms with E-state index in [0.717, 1.165) is 0 Å². The molecular weight excluding hydrogens is 217 g/mol. The van der Waals surface area contributed by atoms with E-state index >= 15 is 0 Å². The van der Waals surface area contributed by atoms with Gasteiger partial charge in [-0.1, -0.05) is 11.6 Å². The minimum atomic E-state index is -0.722. The second-order valence-electron chi connectivity index (χ2n) is 3.63. The molecule has 15 heavy (non-hydrogen) atoms. The van der Waals surface area contributed by atoms with Crippen molar-refractivity contribution in [2.45, 2.75) is 18.3 Å². The van der Waals surface area contributed by atoms with Crippen molar-refractivity contribution >= 4 is 11.6 Å². The van der Waals surface area contributed by atoms with Crippen molar-refractivity contribution in [2.24, 2.45) is 0 Å². The number of nitriles is 1. The van der Waals surface area contributed by atoms with E-state index in [-0.39, 0.29) is 5.02 Å². The largest absolute Gasteiger partial charge is 0.496 e. The summed E-state index contributed by atoms with van der Waals surface area (Å²) in [7, 11) is 1.46. The number of halogens is 2. The van der Waals surface area contributed by atoms with Gasteiger partial charge in [-0.3, -0.25) is 0 Å². The molecule has 0 radical (unpaired) electrons. The molecule has 2 nitrogen and oxygen atoms in total. The van der Waals surface area contributed by atoms with Crippen LogP contribution >= 0.6 is 11.6 Å². The Balaban J connectivity index is 2.63. The Labute approximate surface area is 92.2 Å². The molecule has 1 aliphatic carbocycles. The highest BCUT2D eigenvalue weighted by Crippen LogP contribution is 2.52. The molecule has 1 aromatic carbocycles. The van der Waals surface area contributed by atoms with Crippen molar-refractivity contribution in [3.05, 3.63) is 28.5 Å². The third kappa shape index (κ3) is 1.46. The summed E-state index contributed by atoms with van der Waals surface area (Å²) < 4.78 is 18.9. The van der Waals surface area contributed by atoms with Gasteiger partial charge in [0.15, 0.2) is 0 Å². The van der Waals surface area contributed by atoms with Crippen LogP contribution in [-0.4, -0.2) is 7.11 Å². The molecule has 0 aromatic heterocycles. The Morgan fingerprint density at radius 3 is 2.67 bits per heavy atom. The average Bonchev–Trinajstić information content (AvgIpc) is 3.02. The molecule has 0 N–H and O–H groups in total. The van der Waals surface area contributed by atoms with Gasteiger partial charge in [0.25, 0.3) is 0 Å². The highest BCUT2D eigenvalue weighted by Gasteiger charge is 2.49. The molecule has 0 saturated heterocycles. The van der Waals surface area contributed by atoms with Gasteiger partial charge in [-0.15, -0.1) is 0 Å². The quantitative estimate of drug-likeness (QED) is 0.775. The highest BCUT2D eigenvalue weighted by atomic mass is 35.5. The van der Waals surface area contributed by atoms with Crippen LogP contribution in [0.25, 0.3) is 0 Å². The molecule has 78 valence electrons. The van der Waals surface area contributed by atoms with Gasteiger partial charge in [-0.2, -0.15) is 5.26 Å². The molecule has 0 unspecified atom stereocenters. The molecule has 0 bridgehead atoms. The van der Waals surface area contributed by atoms with Crippen LogP contribution in [0, 0.1) is 17.1 Å². The van der Waals surface area contributed by atoms with Crippen molar-refractivity contribution in [3.8, 4) is 11.8 Å². The van der Waals surface area contributed by atoms with Crippen LogP contribution in [-0.2, 0) is 5.41 Å². The molecule has 1 saturated carbocycles. The Kier molecular flexibility index (Phi) is 2.32. The number of nitrogens with zero attached hydrogens (tertiary/aromatic N) is 1. The SMILES string of the molecule is COc1ccc(Cl)c(F)c1C1(C#N)CC1. The summed E-state index contributed by atoms with van der Waals surface area (Å²) in [4.78, 5) is 0. The van der Waals surface area contributed by atoms with Crippen LogP contribution in [0.1, 0.15) is 18.4 Å². The van der Waals surface area contributed by atoms with E-state index in [1.807, 2.05) is 0 Å². The molecule has 0 atom stereocenters. The number of hydrogen-bond acceptors (Lipinski definition) is 2. The number of benzene rings is 1. The summed E-state index contributed by atoms with van der Waals surface area (Å²) >= 11 is 5.69. The summed E-state index contributed by atoms with van der Waals surface area (Å²) in [6, 6.07) is 5.17. The van der Waals surface area contributed by atoms with Crippen LogP contribution in [0.15, 0.2) is 12.1 Å². The maximum Gasteiger partial charge on any atom is 0.150 e. The predicted molar refractivity (Wildman–Crippen MR) is 54.5 cm³/mol. The number of rotatable bonds is 2. The molecular formula is C11H9ClFNO. The monoisotopic (exact) mass is 225 g/mol. The molecule has 4 heteroatoms. The third-order valence-corrected chi connectivity index (χ3v) is 3.01. The van der Waals surface area contributed by atoms with Crippen molar-refractivity contribution < 1.29 is 9.13 Å². The minimum Gasteiger partial charge on any atom is -0.496 e. The lowest BCUT2D eigenvalue weighted by Gasteiger charge is -2.13. The fourth-order valence-corrected chi connectivity index (χ4v) is 1.85. The molecule has 1 aromatic rings. The van der Waals surface area contributed by atoms with Gasteiger partial charge < -0.3 is 4.74 Å². The van der Waals surface area contributed by atoms with Crippen LogP contribution in [0.4, 0.5) is 4.39 Å². The van der Waals surface area contributed by atoms with Gasteiger partial charge in [-0.25, -0.2) is 4.39 Å². The van der Waals surface area contributed by atoms with Gasteiger partial charge in [0.1, 0.15) is 11.6 Å². The molecule has 0 amide bonds. The summed E-state index contributed by atoms with van der Waals surface area (Å²) in [6.07, 6.45) is 1.33. The lowest BCUT2D eigenvalue weighted by atomic mass is 9.96. The van der Waals surface area contributed by atoms with E-state index < -0.39 is 11.2 Å². The second kappa shape index (κ2) is 3.39. The van der Waals surface area contributed by atoms with E-state index in [1.54, 1.807) is 6.07 Å². The fraction of sp³-hybridized carbons (Fsp3) is 0.364. The normalized spacial score (nSPS) is 16.9. The molecule has 2 rings (SSSR count). The zero-order valence-electron chi connectivity index (χ0n) is 8.18. The van der Waals surface area contributed by atoms with Crippen molar-refractivity contribution in [1.29, 1.82) is 5.26 Å². The Morgan fingerprint density at radius 2 is 2.20 bits per heavy atom. The van der Waals surface area contributed by atoms with E-state index in [1.165, 1.54) is 13.2 Å². The maximum atomic E-state index is 13.8. The number of methoxy groups -OCH3 is 1. The number of ether oxygens (including phenoxy) is 1. The van der Waals surface area contributed by atoms with Crippen LogP contribution in [0.2, 0.25) is 5.02 Å². The first kappa shape index (κ1) is 10.3. The van der Waals surface area contributed by atoms with Gasteiger partial charge in [0.2, 0.25) is 0 Å². The standard InChI is InChI=1S/C11H9ClFNO/c1-15-8-3-2-7(12)10(13)9(8)11(6-14)4-5-11/h2-3H,4-5H2,1H3. The molecule has 0 aliphatic heterocycles. The van der Waals surface area contributed by atoms with Gasteiger partial charge in [-0.05, 0) is 25.0 Å². The topological polar surface area (TPSA) is 33.0 Å².